The van der Waals surface area contributed by atoms with Gasteiger partial charge in [-0.1, -0.05) is 25.5 Å². The Hall–Kier alpha value is -3.48. The van der Waals surface area contributed by atoms with Crippen molar-refractivity contribution in [3.05, 3.63) is 33.9 Å². The first kappa shape index (κ1) is 31.5. The van der Waals surface area contributed by atoms with Gasteiger partial charge in [-0.25, -0.2) is 9.59 Å². The first-order chi connectivity index (χ1) is 19.9. The lowest BCUT2D eigenvalue weighted by Crippen LogP contribution is -2.63. The maximum atomic E-state index is 13.9. The largest absolute Gasteiger partial charge is 0.509 e. The Bertz CT molecular complexity index is 1170. The number of Topliss-reactive ketones (excluding diaryl/α,β-unsaturated/α-hetero) is 1. The van der Waals surface area contributed by atoms with Crippen LogP contribution in [0.1, 0.15) is 65.7 Å². The molecule has 4 aliphatic carbocycles. The summed E-state index contributed by atoms with van der Waals surface area (Å²) < 4.78 is 20.9. The molecule has 0 bridgehead atoms. The number of hydrogen-bond donors (Lipinski definition) is 1. The molecule has 232 valence electrons. The lowest BCUT2D eigenvalue weighted by atomic mass is 9.46. The summed E-state index contributed by atoms with van der Waals surface area (Å²) in [5.74, 6) is -0.984. The summed E-state index contributed by atoms with van der Waals surface area (Å²) >= 11 is 0. The number of rotatable bonds is 11. The summed E-state index contributed by atoms with van der Waals surface area (Å²) in [6, 6.07) is 0. The number of allylic oxidation sites excluding steroid dienone is 4. The minimum Gasteiger partial charge on any atom is -0.435 e. The predicted octanol–water partition coefficient (Wildman–Crippen LogP) is 3.89. The molecule has 0 saturated heterocycles. The molecule has 1 N–H and O–H groups in total. The van der Waals surface area contributed by atoms with E-state index < -0.39 is 52.3 Å². The molecule has 0 heterocycles. The van der Waals surface area contributed by atoms with E-state index in [2.05, 4.69) is 4.84 Å². The maximum absolute atomic E-state index is 13.9. The minimum atomic E-state index is -1.70. The summed E-state index contributed by atoms with van der Waals surface area (Å²) in [4.78, 5) is 65.2. The molecule has 4 aliphatic rings. The molecule has 0 spiro atoms. The second kappa shape index (κ2) is 12.4. The molecule has 0 aromatic rings. The highest BCUT2D eigenvalue weighted by Crippen LogP contribution is 2.68. The van der Waals surface area contributed by atoms with Crippen molar-refractivity contribution < 1.29 is 53.2 Å². The average Bonchev–Trinajstić information content (AvgIpc) is 3.21. The molecule has 0 aromatic carbocycles. The second-order valence-corrected chi connectivity index (χ2v) is 11.9. The van der Waals surface area contributed by atoms with Gasteiger partial charge in [0, 0.05) is 16.7 Å². The van der Waals surface area contributed by atoms with Gasteiger partial charge in [-0.2, -0.15) is 0 Å². The van der Waals surface area contributed by atoms with E-state index in [1.807, 2.05) is 19.9 Å². The minimum absolute atomic E-state index is 0.00982. The summed E-state index contributed by atoms with van der Waals surface area (Å²) in [5, 5.41) is 20.9. The number of ketones is 2. The third-order valence-electron chi connectivity index (χ3n) is 9.86. The number of fused-ring (bicyclic) bond motifs is 5. The maximum Gasteiger partial charge on any atom is 0.509 e. The van der Waals surface area contributed by atoms with Gasteiger partial charge in [0.2, 0.25) is 5.78 Å². The van der Waals surface area contributed by atoms with Crippen LogP contribution in [0.25, 0.3) is 0 Å². The van der Waals surface area contributed by atoms with Gasteiger partial charge in [-0.3, -0.25) is 9.59 Å². The van der Waals surface area contributed by atoms with Crippen LogP contribution in [0.4, 0.5) is 9.59 Å². The van der Waals surface area contributed by atoms with E-state index in [4.69, 9.17) is 18.9 Å². The molecule has 3 fully saturated rings. The van der Waals surface area contributed by atoms with Crippen LogP contribution in [0.2, 0.25) is 0 Å². The number of unbranched alkanes of at least 4 members (excludes halogenated alkanes) is 1. The highest BCUT2D eigenvalue weighted by atomic mass is 16.9. The number of hydrogen-bond acceptors (Lipinski definition) is 12. The van der Waals surface area contributed by atoms with Crippen molar-refractivity contribution in [2.45, 2.75) is 77.4 Å². The molecule has 7 atom stereocenters. The molecule has 13 nitrogen and oxygen atoms in total. The number of aliphatic hydroxyl groups is 1. The Morgan fingerprint density at radius 1 is 1.10 bits per heavy atom. The van der Waals surface area contributed by atoms with Crippen molar-refractivity contribution in [3.63, 3.8) is 0 Å². The molecule has 42 heavy (non-hydrogen) atoms. The molecule has 0 radical (unpaired) electrons. The fourth-order valence-corrected chi connectivity index (χ4v) is 8.07. The fraction of sp³-hybridized carbons (Fsp3) is 0.724. The second-order valence-electron chi connectivity index (χ2n) is 11.9. The van der Waals surface area contributed by atoms with E-state index in [9.17, 15) is 34.4 Å². The van der Waals surface area contributed by atoms with Crippen molar-refractivity contribution in [1.29, 1.82) is 0 Å². The zero-order valence-electron chi connectivity index (χ0n) is 24.2. The van der Waals surface area contributed by atoms with E-state index >= 15 is 0 Å². The van der Waals surface area contributed by atoms with E-state index in [1.165, 1.54) is 0 Å². The number of ether oxygens (including phenoxy) is 4. The summed E-state index contributed by atoms with van der Waals surface area (Å²) in [5.41, 5.74) is -2.19. The van der Waals surface area contributed by atoms with Crippen LogP contribution < -0.4 is 0 Å². The van der Waals surface area contributed by atoms with Gasteiger partial charge in [0.05, 0.1) is 25.9 Å². The van der Waals surface area contributed by atoms with Crippen LogP contribution in [0.15, 0.2) is 23.8 Å². The van der Waals surface area contributed by atoms with Crippen molar-refractivity contribution in [2.75, 3.05) is 26.4 Å². The number of aliphatic hydroxyl groups excluding tert-OH is 1. The third-order valence-corrected chi connectivity index (χ3v) is 9.86. The number of carbonyl (C=O) groups excluding carboxylic acids is 4. The Kier molecular flexibility index (Phi) is 9.29. The summed E-state index contributed by atoms with van der Waals surface area (Å²) in [6.07, 6.45) is 4.96. The van der Waals surface area contributed by atoms with Crippen molar-refractivity contribution in [2.24, 2.45) is 28.6 Å². The predicted molar refractivity (Wildman–Crippen MR) is 143 cm³/mol. The zero-order chi connectivity index (χ0) is 30.7. The molecular weight excluding hydrogens is 554 g/mol. The van der Waals surface area contributed by atoms with Gasteiger partial charge in [0.25, 0.3) is 5.09 Å². The third kappa shape index (κ3) is 5.75. The quantitative estimate of drug-likeness (QED) is 0.158. The zero-order valence-corrected chi connectivity index (χ0v) is 24.2. The SMILES string of the molecule is CCOC(=O)O[C@]1(C(=O)COC(=O)OCCCCO[N+](=O)[O-])CC[C@H]2[C@@H]3CCC4=CC(=O)C=C[C@]4(C)[C@H]3[C@@H](O)C[C@@]21C. The first-order valence-electron chi connectivity index (χ1n) is 14.5. The van der Waals surface area contributed by atoms with Gasteiger partial charge in [-0.15, -0.1) is 10.1 Å². The highest BCUT2D eigenvalue weighted by molar-refractivity contribution is 6.01. The smallest absolute Gasteiger partial charge is 0.435 e. The van der Waals surface area contributed by atoms with Crippen molar-refractivity contribution in [3.8, 4) is 0 Å². The van der Waals surface area contributed by atoms with Crippen LogP contribution in [-0.2, 0) is 33.4 Å². The number of carbonyl (C=O) groups is 4. The molecule has 0 aliphatic heterocycles. The van der Waals surface area contributed by atoms with Crippen molar-refractivity contribution in [1.82, 2.24) is 0 Å². The standard InChI is InChI=1S/C29H39NO12/c1-4-38-26(35)42-29(23(33)17-40-25(34)39-13-5-6-14-41-30(36)37)12-10-21-20-8-7-18-15-19(31)9-11-27(18,2)24(20)22(32)16-28(21,29)3/h9,11,15,20-22,24,32H,4-8,10,12-14,16-17H2,1-3H3/t20-,21-,22-,24+,27-,28-,29-/m0/s1. The number of nitrogens with zero attached hydrogens (tertiary/aromatic N) is 1. The average molecular weight is 594 g/mol. The monoisotopic (exact) mass is 593 g/mol. The fourth-order valence-electron chi connectivity index (χ4n) is 8.07. The van der Waals surface area contributed by atoms with Crippen LogP contribution in [0, 0.1) is 38.7 Å². The Labute approximate surface area is 243 Å². The highest BCUT2D eigenvalue weighted by Gasteiger charge is 2.70. The van der Waals surface area contributed by atoms with E-state index in [0.717, 1.165) is 5.57 Å². The Morgan fingerprint density at radius 3 is 2.55 bits per heavy atom. The molecule has 0 aromatic heterocycles. The molecular formula is C29H39NO12. The lowest BCUT2D eigenvalue weighted by molar-refractivity contribution is -0.757. The van der Waals surface area contributed by atoms with Gasteiger partial charge >= 0.3 is 12.3 Å². The van der Waals surface area contributed by atoms with E-state index in [-0.39, 0.29) is 69.0 Å². The van der Waals surface area contributed by atoms with Crippen LogP contribution >= 0.6 is 0 Å². The van der Waals surface area contributed by atoms with Gasteiger partial charge < -0.3 is 28.9 Å². The summed E-state index contributed by atoms with van der Waals surface area (Å²) in [6.45, 7) is 4.58. The lowest BCUT2D eigenvalue weighted by Gasteiger charge is -2.59. The normalized spacial score (nSPS) is 34.7. The summed E-state index contributed by atoms with van der Waals surface area (Å²) in [7, 11) is 0. The van der Waals surface area contributed by atoms with E-state index in [0.29, 0.717) is 19.3 Å². The molecule has 0 unspecified atom stereocenters. The van der Waals surface area contributed by atoms with Gasteiger partial charge in [-0.05, 0) is 75.9 Å². The Balaban J connectivity index is 1.50. The molecule has 3 saturated carbocycles. The first-order valence-corrected chi connectivity index (χ1v) is 14.5. The van der Waals surface area contributed by atoms with Crippen LogP contribution in [-0.4, -0.2) is 72.2 Å². The van der Waals surface area contributed by atoms with Crippen LogP contribution in [0.3, 0.4) is 0 Å². The Morgan fingerprint density at radius 2 is 1.83 bits per heavy atom. The van der Waals surface area contributed by atoms with Gasteiger partial charge in [0.1, 0.15) is 0 Å². The van der Waals surface area contributed by atoms with Gasteiger partial charge in [0.15, 0.2) is 18.0 Å². The van der Waals surface area contributed by atoms with Crippen molar-refractivity contribution >= 4 is 23.9 Å². The van der Waals surface area contributed by atoms with Crippen LogP contribution in [0.5, 0.6) is 0 Å². The topological polar surface area (TPSA) is 178 Å². The molecule has 4 rings (SSSR count). The van der Waals surface area contributed by atoms with E-state index in [1.54, 1.807) is 19.1 Å². The molecule has 13 heteroatoms. The molecule has 0 amide bonds.